The highest BCUT2D eigenvalue weighted by Gasteiger charge is 2.31. The van der Waals surface area contributed by atoms with Crippen LogP contribution in [-0.2, 0) is 26.2 Å². The van der Waals surface area contributed by atoms with Crippen molar-refractivity contribution in [1.82, 2.24) is 10.2 Å². The quantitative estimate of drug-likeness (QED) is 0.548. The number of halogens is 2. The zero-order valence-corrected chi connectivity index (χ0v) is 21.6. The lowest BCUT2D eigenvalue weighted by molar-refractivity contribution is -0.139. The van der Waals surface area contributed by atoms with Crippen LogP contribution in [0.1, 0.15) is 31.9 Å². The highest BCUT2D eigenvalue weighted by Crippen LogP contribution is 2.30. The molecule has 0 radical (unpaired) electrons. The second-order valence-electron chi connectivity index (χ2n) is 8.22. The average molecular weight is 514 g/mol. The summed E-state index contributed by atoms with van der Waals surface area (Å²) in [4.78, 5) is 27.5. The fourth-order valence-corrected chi connectivity index (χ4v) is 4.70. The molecule has 10 heteroatoms. The Bertz CT molecular complexity index is 1120. The first-order valence-electron chi connectivity index (χ1n) is 10.4. The van der Waals surface area contributed by atoms with E-state index in [0.29, 0.717) is 5.02 Å². The summed E-state index contributed by atoms with van der Waals surface area (Å²) in [5.74, 6) is -0.874. The van der Waals surface area contributed by atoms with E-state index in [1.54, 1.807) is 6.92 Å². The normalized spacial score (nSPS) is 12.4. The molecule has 0 aromatic heterocycles. The molecule has 2 aromatic rings. The van der Waals surface area contributed by atoms with Crippen LogP contribution in [0.2, 0.25) is 10.0 Å². The van der Waals surface area contributed by atoms with Gasteiger partial charge in [-0.3, -0.25) is 13.9 Å². The summed E-state index contributed by atoms with van der Waals surface area (Å²) < 4.78 is 26.0. The van der Waals surface area contributed by atoms with Gasteiger partial charge in [0.05, 0.1) is 17.0 Å². The van der Waals surface area contributed by atoms with Gasteiger partial charge in [0.15, 0.2) is 0 Å². The SMILES string of the molecule is Cc1cccc(CN(C(=O)CN(c2ccc(Cl)cc2Cl)S(C)(=O)=O)C(C)C(=O)NC(C)C)c1. The number of nitrogens with zero attached hydrogens (tertiary/aromatic N) is 2. The number of benzene rings is 2. The third-order valence-electron chi connectivity index (χ3n) is 4.89. The van der Waals surface area contributed by atoms with E-state index < -0.39 is 28.5 Å². The van der Waals surface area contributed by atoms with Crippen LogP contribution in [-0.4, -0.2) is 50.0 Å². The van der Waals surface area contributed by atoms with Crippen molar-refractivity contribution in [1.29, 1.82) is 0 Å². The Morgan fingerprint density at radius 3 is 2.27 bits per heavy atom. The van der Waals surface area contributed by atoms with Crippen LogP contribution >= 0.6 is 23.2 Å². The van der Waals surface area contributed by atoms with E-state index in [-0.39, 0.29) is 29.2 Å². The Balaban J connectivity index is 2.42. The molecule has 0 spiro atoms. The summed E-state index contributed by atoms with van der Waals surface area (Å²) in [6.45, 7) is 6.81. The standard InChI is InChI=1S/C23H29Cl2N3O4S/c1-15(2)26-23(30)17(4)27(13-18-8-6-7-16(3)11-18)22(29)14-28(33(5,31)32)21-10-9-19(24)12-20(21)25/h6-12,15,17H,13-14H2,1-5H3,(H,26,30). The maximum Gasteiger partial charge on any atom is 0.244 e. The van der Waals surface area contributed by atoms with E-state index in [4.69, 9.17) is 23.2 Å². The molecule has 0 fully saturated rings. The number of hydrogen-bond acceptors (Lipinski definition) is 4. The molecule has 0 aliphatic rings. The first kappa shape index (κ1) is 27.0. The maximum absolute atomic E-state index is 13.4. The van der Waals surface area contributed by atoms with E-state index in [1.807, 2.05) is 45.0 Å². The van der Waals surface area contributed by atoms with E-state index in [9.17, 15) is 18.0 Å². The summed E-state index contributed by atoms with van der Waals surface area (Å²) in [5.41, 5.74) is 1.96. The van der Waals surface area contributed by atoms with Gasteiger partial charge in [-0.25, -0.2) is 8.42 Å². The molecule has 2 rings (SSSR count). The molecule has 180 valence electrons. The molecule has 0 aliphatic heterocycles. The van der Waals surface area contributed by atoms with Crippen molar-refractivity contribution >= 4 is 50.7 Å². The van der Waals surface area contributed by atoms with Crippen LogP contribution in [0.15, 0.2) is 42.5 Å². The Labute approximate surface area is 205 Å². The Kier molecular flexibility index (Phi) is 9.17. The fourth-order valence-electron chi connectivity index (χ4n) is 3.27. The first-order valence-corrected chi connectivity index (χ1v) is 13.0. The van der Waals surface area contributed by atoms with Gasteiger partial charge in [0, 0.05) is 17.6 Å². The number of sulfonamides is 1. The molecule has 0 heterocycles. The Morgan fingerprint density at radius 1 is 1.06 bits per heavy atom. The molecule has 0 bridgehead atoms. The van der Waals surface area contributed by atoms with Crippen molar-refractivity contribution in [2.45, 2.75) is 46.3 Å². The second kappa shape index (κ2) is 11.2. The minimum absolute atomic E-state index is 0.0940. The molecular formula is C23H29Cl2N3O4S. The lowest BCUT2D eigenvalue weighted by atomic mass is 10.1. The number of anilines is 1. The maximum atomic E-state index is 13.4. The second-order valence-corrected chi connectivity index (χ2v) is 11.0. The van der Waals surface area contributed by atoms with Crippen LogP contribution in [0.5, 0.6) is 0 Å². The monoisotopic (exact) mass is 513 g/mol. The van der Waals surface area contributed by atoms with Gasteiger partial charge in [0.2, 0.25) is 21.8 Å². The van der Waals surface area contributed by atoms with E-state index in [1.165, 1.54) is 23.1 Å². The third-order valence-corrected chi connectivity index (χ3v) is 6.56. The summed E-state index contributed by atoms with van der Waals surface area (Å²) >= 11 is 12.2. The number of hydrogen-bond donors (Lipinski definition) is 1. The number of aryl methyl sites for hydroxylation is 1. The highest BCUT2D eigenvalue weighted by atomic mass is 35.5. The Hall–Kier alpha value is -2.29. The lowest BCUT2D eigenvalue weighted by Gasteiger charge is -2.32. The predicted molar refractivity (Wildman–Crippen MR) is 133 cm³/mol. The highest BCUT2D eigenvalue weighted by molar-refractivity contribution is 7.92. The lowest BCUT2D eigenvalue weighted by Crippen LogP contribution is -2.52. The topological polar surface area (TPSA) is 86.8 Å². The van der Waals surface area contributed by atoms with Gasteiger partial charge in [-0.05, 0) is 51.5 Å². The zero-order chi connectivity index (χ0) is 24.9. The van der Waals surface area contributed by atoms with Crippen LogP contribution < -0.4 is 9.62 Å². The molecule has 2 aromatic carbocycles. The predicted octanol–water partition coefficient (Wildman–Crippen LogP) is 4.01. The van der Waals surface area contributed by atoms with Gasteiger partial charge in [0.25, 0.3) is 0 Å². The van der Waals surface area contributed by atoms with Crippen molar-refractivity contribution < 1.29 is 18.0 Å². The van der Waals surface area contributed by atoms with Crippen LogP contribution in [0.4, 0.5) is 5.69 Å². The molecule has 0 aliphatic carbocycles. The average Bonchev–Trinajstić information content (AvgIpc) is 2.69. The van der Waals surface area contributed by atoms with Gasteiger partial charge >= 0.3 is 0 Å². The molecule has 1 N–H and O–H groups in total. The molecule has 0 saturated heterocycles. The smallest absolute Gasteiger partial charge is 0.244 e. The van der Waals surface area contributed by atoms with E-state index >= 15 is 0 Å². The third kappa shape index (κ3) is 7.62. The number of nitrogens with one attached hydrogen (secondary N) is 1. The van der Waals surface area contributed by atoms with E-state index in [0.717, 1.165) is 21.7 Å². The zero-order valence-electron chi connectivity index (χ0n) is 19.3. The Morgan fingerprint density at radius 2 is 1.73 bits per heavy atom. The molecule has 1 atom stereocenters. The van der Waals surface area contributed by atoms with Crippen molar-refractivity contribution in [2.75, 3.05) is 17.1 Å². The number of carbonyl (C=O) groups is 2. The molecule has 1 unspecified atom stereocenters. The van der Waals surface area contributed by atoms with Crippen molar-refractivity contribution in [3.8, 4) is 0 Å². The minimum Gasteiger partial charge on any atom is -0.352 e. The van der Waals surface area contributed by atoms with Crippen LogP contribution in [0.3, 0.4) is 0 Å². The minimum atomic E-state index is -3.87. The number of amides is 2. The van der Waals surface area contributed by atoms with Crippen molar-refractivity contribution in [3.63, 3.8) is 0 Å². The summed E-state index contributed by atoms with van der Waals surface area (Å²) in [7, 11) is -3.87. The largest absolute Gasteiger partial charge is 0.352 e. The molecular weight excluding hydrogens is 485 g/mol. The summed E-state index contributed by atoms with van der Waals surface area (Å²) in [5, 5.41) is 3.24. The van der Waals surface area contributed by atoms with Gasteiger partial charge in [-0.1, -0.05) is 53.0 Å². The molecule has 33 heavy (non-hydrogen) atoms. The number of rotatable bonds is 9. The van der Waals surface area contributed by atoms with Gasteiger partial charge in [0.1, 0.15) is 12.6 Å². The van der Waals surface area contributed by atoms with Gasteiger partial charge in [-0.15, -0.1) is 0 Å². The summed E-state index contributed by atoms with van der Waals surface area (Å²) in [6.07, 6.45) is 0.991. The fraction of sp³-hybridized carbons (Fsp3) is 0.391. The molecule has 0 saturated carbocycles. The van der Waals surface area contributed by atoms with Crippen LogP contribution in [0, 0.1) is 6.92 Å². The molecule has 7 nitrogen and oxygen atoms in total. The van der Waals surface area contributed by atoms with E-state index in [2.05, 4.69) is 5.32 Å². The van der Waals surface area contributed by atoms with Crippen LogP contribution in [0.25, 0.3) is 0 Å². The number of carbonyl (C=O) groups excluding carboxylic acids is 2. The summed E-state index contributed by atoms with van der Waals surface area (Å²) in [6, 6.07) is 11.0. The van der Waals surface area contributed by atoms with Gasteiger partial charge in [-0.2, -0.15) is 0 Å². The first-order chi connectivity index (χ1) is 15.3. The molecule has 2 amide bonds. The van der Waals surface area contributed by atoms with Gasteiger partial charge < -0.3 is 10.2 Å². The van der Waals surface area contributed by atoms with Crippen molar-refractivity contribution in [3.05, 3.63) is 63.6 Å². The van der Waals surface area contributed by atoms with Crippen molar-refractivity contribution in [2.24, 2.45) is 0 Å².